The van der Waals surface area contributed by atoms with E-state index in [0.29, 0.717) is 11.1 Å². The van der Waals surface area contributed by atoms with Gasteiger partial charge in [-0.15, -0.1) is 0 Å². The van der Waals surface area contributed by atoms with E-state index in [0.717, 1.165) is 6.07 Å². The van der Waals surface area contributed by atoms with Gasteiger partial charge in [-0.1, -0.05) is 0 Å². The molecule has 0 bridgehead atoms. The first-order valence-electron chi connectivity index (χ1n) is 5.35. The molecule has 0 unspecified atom stereocenters. The van der Waals surface area contributed by atoms with Crippen molar-refractivity contribution in [1.82, 2.24) is 4.57 Å². The van der Waals surface area contributed by atoms with E-state index >= 15 is 0 Å². The van der Waals surface area contributed by atoms with Crippen LogP contribution in [0.5, 0.6) is 0 Å². The zero-order valence-corrected chi connectivity index (χ0v) is 10.2. The Hall–Kier alpha value is -2.70. The SMILES string of the molecule is Cc1cc([N+](=O)[O-])cc2c(C(=O)O)cc(=O)n(C)c12. The third kappa shape index (κ3) is 1.95. The summed E-state index contributed by atoms with van der Waals surface area (Å²) in [6.07, 6.45) is 0. The van der Waals surface area contributed by atoms with Gasteiger partial charge in [0.2, 0.25) is 0 Å². The zero-order chi connectivity index (χ0) is 14.3. The lowest BCUT2D eigenvalue weighted by molar-refractivity contribution is -0.384. The van der Waals surface area contributed by atoms with E-state index in [1.54, 1.807) is 6.92 Å². The number of aromatic nitrogens is 1. The van der Waals surface area contributed by atoms with Gasteiger partial charge < -0.3 is 9.67 Å². The summed E-state index contributed by atoms with van der Waals surface area (Å²) in [5, 5.41) is 20.1. The van der Waals surface area contributed by atoms with Crippen LogP contribution < -0.4 is 5.56 Å². The highest BCUT2D eigenvalue weighted by Crippen LogP contribution is 2.26. The second-order valence-corrected chi connectivity index (χ2v) is 4.18. The van der Waals surface area contributed by atoms with Gasteiger partial charge >= 0.3 is 5.97 Å². The number of aromatic carboxylic acids is 1. The first-order chi connectivity index (χ1) is 8.82. The van der Waals surface area contributed by atoms with E-state index in [2.05, 4.69) is 0 Å². The second kappa shape index (κ2) is 4.20. The van der Waals surface area contributed by atoms with Crippen molar-refractivity contribution in [1.29, 1.82) is 0 Å². The number of nitro groups is 1. The number of carboxylic acid groups (broad SMARTS) is 1. The van der Waals surface area contributed by atoms with Crippen molar-refractivity contribution < 1.29 is 14.8 Å². The number of carboxylic acids is 1. The summed E-state index contributed by atoms with van der Waals surface area (Å²) in [5.74, 6) is -1.29. The van der Waals surface area contributed by atoms with Crippen molar-refractivity contribution in [2.24, 2.45) is 7.05 Å². The lowest BCUT2D eigenvalue weighted by Gasteiger charge is -2.10. The Morgan fingerprint density at radius 1 is 1.37 bits per heavy atom. The number of hydrogen-bond acceptors (Lipinski definition) is 4. The molecule has 0 aliphatic carbocycles. The fourth-order valence-corrected chi connectivity index (χ4v) is 2.10. The van der Waals surface area contributed by atoms with Crippen LogP contribution in [0.4, 0.5) is 5.69 Å². The number of pyridine rings is 1. The monoisotopic (exact) mass is 262 g/mol. The van der Waals surface area contributed by atoms with Crippen molar-refractivity contribution in [3.8, 4) is 0 Å². The molecule has 0 aliphatic rings. The minimum Gasteiger partial charge on any atom is -0.478 e. The first kappa shape index (κ1) is 12.7. The minimum atomic E-state index is -1.29. The van der Waals surface area contributed by atoms with E-state index in [1.807, 2.05) is 0 Å². The standard InChI is InChI=1S/C12H10N2O5/c1-6-3-7(14(18)19)4-8-9(12(16)17)5-10(15)13(2)11(6)8/h3-5H,1-2H3,(H,16,17). The normalized spacial score (nSPS) is 10.6. The van der Waals surface area contributed by atoms with Crippen LogP contribution in [-0.4, -0.2) is 20.6 Å². The van der Waals surface area contributed by atoms with Gasteiger partial charge in [-0.3, -0.25) is 14.9 Å². The quantitative estimate of drug-likeness (QED) is 0.651. The van der Waals surface area contributed by atoms with Gasteiger partial charge in [-0.2, -0.15) is 0 Å². The summed E-state index contributed by atoms with van der Waals surface area (Å²) in [4.78, 5) is 33.1. The van der Waals surface area contributed by atoms with Crippen LogP contribution >= 0.6 is 0 Å². The van der Waals surface area contributed by atoms with Gasteiger partial charge in [0.15, 0.2) is 0 Å². The molecule has 0 fully saturated rings. The molecule has 7 heteroatoms. The zero-order valence-electron chi connectivity index (χ0n) is 10.2. The van der Waals surface area contributed by atoms with Crippen LogP contribution in [0.2, 0.25) is 0 Å². The summed E-state index contributed by atoms with van der Waals surface area (Å²) in [5.41, 5.74) is -0.0414. The van der Waals surface area contributed by atoms with Gasteiger partial charge in [0, 0.05) is 30.6 Å². The molecular formula is C12H10N2O5. The highest BCUT2D eigenvalue weighted by Gasteiger charge is 2.18. The third-order valence-electron chi connectivity index (χ3n) is 2.95. The Bertz CT molecular complexity index is 776. The van der Waals surface area contributed by atoms with Gasteiger partial charge in [0.05, 0.1) is 16.0 Å². The van der Waals surface area contributed by atoms with Crippen molar-refractivity contribution in [2.75, 3.05) is 0 Å². The molecule has 98 valence electrons. The fraction of sp³-hybridized carbons (Fsp3) is 0.167. The smallest absolute Gasteiger partial charge is 0.336 e. The molecule has 1 aromatic carbocycles. The predicted octanol–water partition coefficient (Wildman–Crippen LogP) is 1.45. The molecule has 2 aromatic rings. The van der Waals surface area contributed by atoms with E-state index in [4.69, 9.17) is 5.11 Å². The maximum atomic E-state index is 11.7. The predicted molar refractivity (Wildman–Crippen MR) is 67.5 cm³/mol. The summed E-state index contributed by atoms with van der Waals surface area (Å²) in [7, 11) is 1.50. The van der Waals surface area contributed by atoms with Crippen LogP contribution in [0, 0.1) is 17.0 Å². The maximum Gasteiger partial charge on any atom is 0.336 e. The van der Waals surface area contributed by atoms with E-state index in [9.17, 15) is 19.7 Å². The molecule has 1 N–H and O–H groups in total. The molecule has 0 saturated heterocycles. The van der Waals surface area contributed by atoms with Crippen LogP contribution in [0.1, 0.15) is 15.9 Å². The number of benzene rings is 1. The second-order valence-electron chi connectivity index (χ2n) is 4.18. The van der Waals surface area contributed by atoms with Gasteiger partial charge in [-0.05, 0) is 12.5 Å². The van der Waals surface area contributed by atoms with Crippen LogP contribution in [0.3, 0.4) is 0 Å². The number of carbonyl (C=O) groups is 1. The molecule has 19 heavy (non-hydrogen) atoms. The number of nitrogens with zero attached hydrogens (tertiary/aromatic N) is 2. The molecule has 0 saturated carbocycles. The number of hydrogen-bond donors (Lipinski definition) is 1. The van der Waals surface area contributed by atoms with Gasteiger partial charge in [0.25, 0.3) is 11.2 Å². The Labute approximate surface area is 106 Å². The molecule has 0 atom stereocenters. The fourth-order valence-electron chi connectivity index (χ4n) is 2.10. The minimum absolute atomic E-state index is 0.182. The van der Waals surface area contributed by atoms with Crippen LogP contribution in [-0.2, 0) is 7.05 Å². The number of nitro benzene ring substituents is 1. The maximum absolute atomic E-state index is 11.7. The molecule has 0 aliphatic heterocycles. The molecule has 1 aromatic heterocycles. The average molecular weight is 262 g/mol. The highest BCUT2D eigenvalue weighted by atomic mass is 16.6. The van der Waals surface area contributed by atoms with Crippen molar-refractivity contribution in [3.63, 3.8) is 0 Å². The Kier molecular flexibility index (Phi) is 2.82. The van der Waals surface area contributed by atoms with Crippen LogP contribution in [0.15, 0.2) is 23.0 Å². The molecule has 7 nitrogen and oxygen atoms in total. The van der Waals surface area contributed by atoms with Gasteiger partial charge in [0.1, 0.15) is 0 Å². The van der Waals surface area contributed by atoms with E-state index in [-0.39, 0.29) is 16.6 Å². The lowest BCUT2D eigenvalue weighted by atomic mass is 10.0. The molecule has 0 spiro atoms. The Balaban J connectivity index is 3.05. The summed E-state index contributed by atoms with van der Waals surface area (Å²) in [6.45, 7) is 1.60. The summed E-state index contributed by atoms with van der Waals surface area (Å²) >= 11 is 0. The first-order valence-corrected chi connectivity index (χ1v) is 5.35. The van der Waals surface area contributed by atoms with E-state index in [1.165, 1.54) is 23.7 Å². The Morgan fingerprint density at radius 3 is 2.53 bits per heavy atom. The lowest BCUT2D eigenvalue weighted by Crippen LogP contribution is -2.19. The molecule has 1 heterocycles. The number of non-ortho nitro benzene ring substituents is 1. The largest absolute Gasteiger partial charge is 0.478 e. The molecule has 0 amide bonds. The molecule has 2 rings (SSSR count). The average Bonchev–Trinajstić information content (AvgIpc) is 2.32. The highest BCUT2D eigenvalue weighted by molar-refractivity contribution is 6.04. The summed E-state index contributed by atoms with van der Waals surface area (Å²) in [6, 6.07) is 3.45. The topological polar surface area (TPSA) is 102 Å². The number of fused-ring (bicyclic) bond motifs is 1. The summed E-state index contributed by atoms with van der Waals surface area (Å²) < 4.78 is 1.28. The van der Waals surface area contributed by atoms with E-state index < -0.39 is 16.5 Å². The van der Waals surface area contributed by atoms with Crippen molar-refractivity contribution in [3.05, 3.63) is 49.8 Å². The number of rotatable bonds is 2. The Morgan fingerprint density at radius 2 is 2.00 bits per heavy atom. The third-order valence-corrected chi connectivity index (χ3v) is 2.95. The van der Waals surface area contributed by atoms with Crippen molar-refractivity contribution in [2.45, 2.75) is 6.92 Å². The number of aryl methyl sites for hydroxylation is 2. The van der Waals surface area contributed by atoms with Gasteiger partial charge in [-0.25, -0.2) is 4.79 Å². The van der Waals surface area contributed by atoms with Crippen molar-refractivity contribution >= 4 is 22.6 Å². The van der Waals surface area contributed by atoms with Crippen LogP contribution in [0.25, 0.3) is 10.9 Å². The molecule has 0 radical (unpaired) electrons. The molecular weight excluding hydrogens is 252 g/mol.